The number of nitrogens with one attached hydrogen (secondary N) is 4. The minimum atomic E-state index is -1.08. The molecule has 2 fully saturated rings. The van der Waals surface area contributed by atoms with Gasteiger partial charge in [0.15, 0.2) is 0 Å². The summed E-state index contributed by atoms with van der Waals surface area (Å²) in [7, 11) is 0. The van der Waals surface area contributed by atoms with Crippen molar-refractivity contribution in [3.8, 4) is 0 Å². The molecule has 8 nitrogen and oxygen atoms in total. The number of likely N-dealkylation sites (tertiary alicyclic amines) is 1. The van der Waals surface area contributed by atoms with Crippen molar-refractivity contribution < 1.29 is 14.4 Å². The lowest BCUT2D eigenvalue weighted by Crippen LogP contribution is -2.44. The fourth-order valence-electron chi connectivity index (χ4n) is 4.72. The molecule has 170 valence electrons. The quantitative estimate of drug-likeness (QED) is 0.463. The Balaban J connectivity index is 1.19. The van der Waals surface area contributed by atoms with Crippen molar-refractivity contribution in [3.63, 3.8) is 0 Å². The zero-order chi connectivity index (χ0) is 23.0. The third-order valence-electron chi connectivity index (χ3n) is 6.72. The molecule has 2 aromatic carbocycles. The highest BCUT2D eigenvalue weighted by Crippen LogP contribution is 2.29. The first kappa shape index (κ1) is 21.1. The van der Waals surface area contributed by atoms with Crippen LogP contribution in [0.4, 0.5) is 9.59 Å². The molecule has 5 rings (SSSR count). The number of imide groups is 1. The zero-order valence-corrected chi connectivity index (χ0v) is 18.5. The van der Waals surface area contributed by atoms with Gasteiger partial charge in [-0.3, -0.25) is 10.1 Å². The number of fused-ring (bicyclic) bond motifs is 1. The van der Waals surface area contributed by atoms with Crippen molar-refractivity contribution in [1.82, 2.24) is 25.8 Å². The molecule has 33 heavy (non-hydrogen) atoms. The number of urea groups is 2. The lowest BCUT2D eigenvalue weighted by Gasteiger charge is -2.32. The van der Waals surface area contributed by atoms with Crippen molar-refractivity contribution in [2.24, 2.45) is 0 Å². The van der Waals surface area contributed by atoms with Gasteiger partial charge in [0, 0.05) is 36.8 Å². The lowest BCUT2D eigenvalue weighted by atomic mass is 9.91. The van der Waals surface area contributed by atoms with Gasteiger partial charge in [-0.25, -0.2) is 9.59 Å². The minimum absolute atomic E-state index is 0.0747. The Hall–Kier alpha value is -3.81. The van der Waals surface area contributed by atoms with Gasteiger partial charge in [0.05, 0.1) is 0 Å². The summed E-state index contributed by atoms with van der Waals surface area (Å²) in [5.41, 5.74) is 2.84. The van der Waals surface area contributed by atoms with Gasteiger partial charge < -0.3 is 20.5 Å². The number of benzene rings is 2. The maximum atomic E-state index is 12.8. The largest absolute Gasteiger partial charge is 0.358 e. The van der Waals surface area contributed by atoms with Crippen LogP contribution in [0.3, 0.4) is 0 Å². The Morgan fingerprint density at radius 1 is 1.15 bits per heavy atom. The van der Waals surface area contributed by atoms with Gasteiger partial charge in [0.1, 0.15) is 5.54 Å². The number of piperidine rings is 1. The van der Waals surface area contributed by atoms with E-state index < -0.39 is 11.6 Å². The highest BCUT2D eigenvalue weighted by atomic mass is 16.2. The van der Waals surface area contributed by atoms with Gasteiger partial charge in [-0.1, -0.05) is 42.5 Å². The molecule has 2 saturated heterocycles. The highest BCUT2D eigenvalue weighted by Gasteiger charge is 2.43. The number of rotatable bonds is 4. The predicted molar refractivity (Wildman–Crippen MR) is 125 cm³/mol. The van der Waals surface area contributed by atoms with Crippen molar-refractivity contribution in [3.05, 3.63) is 71.4 Å². The second-order valence-corrected chi connectivity index (χ2v) is 8.99. The molecule has 2 unspecified atom stereocenters. The molecule has 0 radical (unpaired) electrons. The number of hydrogen-bond acceptors (Lipinski definition) is 3. The standard InChI is InChI=1S/C25H27N5O3/c1-25(22(31)28-23(32)29-25)19-10-8-16(9-11-19)14-26-24(33)30-12-4-6-18(15-30)21-13-17-5-2-3-7-20(17)27-21/h2-3,5,7-11,13,18,27H,4,6,12,14-15H2,1H3,(H,26,33)(H2,28,29,31,32). The number of carbonyl (C=O) groups is 3. The molecule has 5 amide bonds. The van der Waals surface area contributed by atoms with E-state index in [0.717, 1.165) is 30.5 Å². The Bertz CT molecular complexity index is 1190. The van der Waals surface area contributed by atoms with Crippen LogP contribution in [0.1, 0.15) is 42.5 Å². The van der Waals surface area contributed by atoms with E-state index in [0.29, 0.717) is 24.6 Å². The van der Waals surface area contributed by atoms with E-state index in [1.165, 1.54) is 11.1 Å². The second-order valence-electron chi connectivity index (χ2n) is 8.99. The number of aromatic nitrogens is 1. The maximum Gasteiger partial charge on any atom is 0.322 e. The number of aromatic amines is 1. The molecule has 1 aromatic heterocycles. The highest BCUT2D eigenvalue weighted by molar-refractivity contribution is 6.07. The fourth-order valence-corrected chi connectivity index (χ4v) is 4.72. The Kier molecular flexibility index (Phi) is 5.28. The third kappa shape index (κ3) is 4.04. The molecule has 2 aliphatic rings. The van der Waals surface area contributed by atoms with Crippen LogP contribution in [0.15, 0.2) is 54.6 Å². The van der Waals surface area contributed by atoms with Crippen molar-refractivity contribution >= 4 is 28.9 Å². The van der Waals surface area contributed by atoms with E-state index >= 15 is 0 Å². The second kappa shape index (κ2) is 8.27. The average molecular weight is 446 g/mol. The fraction of sp³-hybridized carbons (Fsp3) is 0.320. The summed E-state index contributed by atoms with van der Waals surface area (Å²) in [4.78, 5) is 41.8. The van der Waals surface area contributed by atoms with Crippen LogP contribution in [-0.4, -0.2) is 40.9 Å². The van der Waals surface area contributed by atoms with Gasteiger partial charge in [0.25, 0.3) is 5.91 Å². The molecule has 4 N–H and O–H groups in total. The summed E-state index contributed by atoms with van der Waals surface area (Å²) >= 11 is 0. The summed E-state index contributed by atoms with van der Waals surface area (Å²) in [5, 5.41) is 9.13. The number of hydrogen-bond donors (Lipinski definition) is 4. The SMILES string of the molecule is CC1(c2ccc(CNC(=O)N3CCCC(c4cc5ccccc5[nH]4)C3)cc2)NC(=O)NC1=O. The van der Waals surface area contributed by atoms with Crippen LogP contribution in [0.5, 0.6) is 0 Å². The molecule has 0 saturated carbocycles. The molecule has 8 heteroatoms. The Morgan fingerprint density at radius 3 is 2.67 bits per heavy atom. The first-order chi connectivity index (χ1) is 15.9. The Morgan fingerprint density at radius 2 is 1.94 bits per heavy atom. The van der Waals surface area contributed by atoms with Crippen LogP contribution in [0, 0.1) is 0 Å². The van der Waals surface area contributed by atoms with E-state index in [1.807, 2.05) is 29.2 Å². The molecule has 3 heterocycles. The van der Waals surface area contributed by atoms with Gasteiger partial charge in [-0.2, -0.15) is 0 Å². The molecule has 0 spiro atoms. The molecular weight excluding hydrogens is 418 g/mol. The van der Waals surface area contributed by atoms with Crippen LogP contribution in [-0.2, 0) is 16.9 Å². The molecule has 2 atom stereocenters. The number of H-pyrrole nitrogens is 1. The van der Waals surface area contributed by atoms with E-state index in [4.69, 9.17) is 0 Å². The number of amides is 5. The van der Waals surface area contributed by atoms with Gasteiger partial charge in [0.2, 0.25) is 0 Å². The third-order valence-corrected chi connectivity index (χ3v) is 6.72. The van der Waals surface area contributed by atoms with Crippen LogP contribution in [0.2, 0.25) is 0 Å². The average Bonchev–Trinajstić information content (AvgIpc) is 3.38. The van der Waals surface area contributed by atoms with Crippen molar-refractivity contribution in [1.29, 1.82) is 0 Å². The van der Waals surface area contributed by atoms with Gasteiger partial charge in [-0.05, 0) is 48.4 Å². The van der Waals surface area contributed by atoms with Gasteiger partial charge in [-0.15, -0.1) is 0 Å². The zero-order valence-electron chi connectivity index (χ0n) is 18.5. The number of para-hydroxylation sites is 1. The van der Waals surface area contributed by atoms with Crippen LogP contribution in [0.25, 0.3) is 10.9 Å². The van der Waals surface area contributed by atoms with E-state index in [-0.39, 0.29) is 11.9 Å². The number of carbonyl (C=O) groups excluding carboxylic acids is 3. The molecule has 0 bridgehead atoms. The summed E-state index contributed by atoms with van der Waals surface area (Å²) in [5.74, 6) is -0.0761. The monoisotopic (exact) mass is 445 g/mol. The molecule has 2 aliphatic heterocycles. The van der Waals surface area contributed by atoms with Crippen molar-refractivity contribution in [2.75, 3.05) is 13.1 Å². The predicted octanol–water partition coefficient (Wildman–Crippen LogP) is 3.31. The van der Waals surface area contributed by atoms with Crippen LogP contribution >= 0.6 is 0 Å². The van der Waals surface area contributed by atoms with E-state index in [2.05, 4.69) is 39.1 Å². The van der Waals surface area contributed by atoms with Crippen molar-refractivity contribution in [2.45, 2.75) is 37.8 Å². The molecule has 0 aliphatic carbocycles. The first-order valence-electron chi connectivity index (χ1n) is 11.3. The summed E-state index contributed by atoms with van der Waals surface area (Å²) in [6, 6.07) is 17.2. The smallest absolute Gasteiger partial charge is 0.322 e. The van der Waals surface area contributed by atoms with E-state index in [9.17, 15) is 14.4 Å². The molecule has 3 aromatic rings. The normalized spacial score (nSPS) is 22.8. The maximum absolute atomic E-state index is 12.8. The summed E-state index contributed by atoms with van der Waals surface area (Å²) in [6.07, 6.45) is 2.02. The topological polar surface area (TPSA) is 106 Å². The Labute approximate surface area is 191 Å². The minimum Gasteiger partial charge on any atom is -0.358 e. The van der Waals surface area contributed by atoms with Gasteiger partial charge >= 0.3 is 12.1 Å². The first-order valence-corrected chi connectivity index (χ1v) is 11.3. The van der Waals surface area contributed by atoms with E-state index in [1.54, 1.807) is 19.1 Å². The molecular formula is C25H27N5O3. The van der Waals surface area contributed by atoms with Crippen LogP contribution < -0.4 is 16.0 Å². The summed E-state index contributed by atoms with van der Waals surface area (Å²) < 4.78 is 0. The lowest BCUT2D eigenvalue weighted by molar-refractivity contribution is -0.123. The summed E-state index contributed by atoms with van der Waals surface area (Å²) in [6.45, 7) is 3.49. The number of nitrogens with zero attached hydrogens (tertiary/aromatic N) is 1.